The summed E-state index contributed by atoms with van der Waals surface area (Å²) >= 11 is 2.78. The molecular weight excluding hydrogens is 438 g/mol. The van der Waals surface area contributed by atoms with Crippen molar-refractivity contribution in [1.82, 2.24) is 5.32 Å². The number of thiophene rings is 1. The molecule has 0 aliphatic heterocycles. The lowest BCUT2D eigenvalue weighted by atomic mass is 10.1. The fourth-order valence-corrected chi connectivity index (χ4v) is 5.50. The van der Waals surface area contributed by atoms with E-state index in [1.807, 2.05) is 18.2 Å². The van der Waals surface area contributed by atoms with Crippen LogP contribution >= 0.6 is 23.1 Å². The van der Waals surface area contributed by atoms with Gasteiger partial charge in [0.25, 0.3) is 15.9 Å². The van der Waals surface area contributed by atoms with E-state index in [1.165, 1.54) is 6.07 Å². The van der Waals surface area contributed by atoms with Crippen molar-refractivity contribution in [3.8, 4) is 6.07 Å². The average Bonchev–Trinajstić information content (AvgIpc) is 3.30. The second kappa shape index (κ2) is 10.3. The summed E-state index contributed by atoms with van der Waals surface area (Å²) < 4.78 is 27.2. The molecule has 154 valence electrons. The molecule has 30 heavy (non-hydrogen) atoms. The van der Waals surface area contributed by atoms with Crippen molar-refractivity contribution < 1.29 is 13.2 Å². The van der Waals surface area contributed by atoms with E-state index < -0.39 is 10.0 Å². The molecule has 0 bridgehead atoms. The number of hydrogen-bond donors (Lipinski definition) is 2. The first-order chi connectivity index (χ1) is 14.5. The average molecular weight is 458 g/mol. The van der Waals surface area contributed by atoms with E-state index in [2.05, 4.69) is 16.1 Å². The van der Waals surface area contributed by atoms with Gasteiger partial charge in [0.15, 0.2) is 0 Å². The van der Waals surface area contributed by atoms with E-state index >= 15 is 0 Å². The van der Waals surface area contributed by atoms with Crippen molar-refractivity contribution in [3.63, 3.8) is 0 Å². The van der Waals surface area contributed by atoms with Crippen molar-refractivity contribution in [1.29, 1.82) is 5.26 Å². The molecule has 3 rings (SSSR count). The van der Waals surface area contributed by atoms with Gasteiger partial charge in [-0.05, 0) is 47.3 Å². The second-order valence-electron chi connectivity index (χ2n) is 6.19. The smallest absolute Gasteiger partial charge is 0.271 e. The monoisotopic (exact) mass is 457 g/mol. The summed E-state index contributed by atoms with van der Waals surface area (Å²) in [6.45, 7) is 0.491. The molecule has 0 aliphatic rings. The summed E-state index contributed by atoms with van der Waals surface area (Å²) in [6, 6.07) is 19.1. The van der Waals surface area contributed by atoms with Gasteiger partial charge >= 0.3 is 0 Å². The normalized spacial score (nSPS) is 10.9. The summed E-state index contributed by atoms with van der Waals surface area (Å²) in [6.07, 6.45) is 0. The molecule has 0 radical (unpaired) electrons. The van der Waals surface area contributed by atoms with Gasteiger partial charge in [-0.2, -0.15) is 17.0 Å². The zero-order valence-corrected chi connectivity index (χ0v) is 18.3. The third-order valence-corrected chi connectivity index (χ3v) is 7.87. The van der Waals surface area contributed by atoms with Gasteiger partial charge in [-0.1, -0.05) is 24.3 Å². The number of carbonyl (C=O) groups is 1. The van der Waals surface area contributed by atoms with Gasteiger partial charge in [-0.3, -0.25) is 9.52 Å². The summed E-state index contributed by atoms with van der Waals surface area (Å²) in [4.78, 5) is 12.3. The Balaban J connectivity index is 1.45. The first-order valence-electron chi connectivity index (χ1n) is 9.00. The number of hydrogen-bond acceptors (Lipinski definition) is 6. The Hall–Kier alpha value is -2.80. The number of nitrogens with zero attached hydrogens (tertiary/aromatic N) is 1. The molecule has 0 aliphatic carbocycles. The Morgan fingerprint density at radius 2 is 1.83 bits per heavy atom. The number of anilines is 1. The fourth-order valence-electron chi connectivity index (χ4n) is 2.59. The highest BCUT2D eigenvalue weighted by atomic mass is 32.2. The predicted octanol–water partition coefficient (Wildman–Crippen LogP) is 4.08. The minimum Gasteiger partial charge on any atom is -0.351 e. The van der Waals surface area contributed by atoms with Crippen LogP contribution in [0.25, 0.3) is 0 Å². The summed E-state index contributed by atoms with van der Waals surface area (Å²) in [5.74, 6) is 1.20. The van der Waals surface area contributed by atoms with Crippen LogP contribution in [0.15, 0.2) is 70.3 Å². The zero-order valence-electron chi connectivity index (χ0n) is 15.9. The van der Waals surface area contributed by atoms with Crippen LogP contribution in [0.1, 0.15) is 21.5 Å². The number of amides is 1. The quantitative estimate of drug-likeness (QED) is 0.472. The Kier molecular flexibility index (Phi) is 7.52. The van der Waals surface area contributed by atoms with Crippen LogP contribution in [0.2, 0.25) is 0 Å². The first-order valence-corrected chi connectivity index (χ1v) is 12.5. The third-order valence-electron chi connectivity index (χ3n) is 4.09. The molecule has 9 heteroatoms. The van der Waals surface area contributed by atoms with Gasteiger partial charge in [0.1, 0.15) is 4.21 Å². The number of sulfonamides is 1. The van der Waals surface area contributed by atoms with E-state index in [1.54, 1.807) is 53.5 Å². The molecule has 0 saturated carbocycles. The van der Waals surface area contributed by atoms with E-state index in [0.29, 0.717) is 34.9 Å². The molecule has 2 N–H and O–H groups in total. The highest BCUT2D eigenvalue weighted by Crippen LogP contribution is 2.20. The Labute approximate surface area is 184 Å². The molecule has 0 fully saturated rings. The maximum atomic E-state index is 12.3. The van der Waals surface area contributed by atoms with E-state index in [9.17, 15) is 13.2 Å². The lowest BCUT2D eigenvalue weighted by molar-refractivity contribution is 0.0956. The van der Waals surface area contributed by atoms with E-state index in [0.717, 1.165) is 16.9 Å². The van der Waals surface area contributed by atoms with Crippen LogP contribution in [0, 0.1) is 11.3 Å². The Morgan fingerprint density at radius 3 is 2.53 bits per heavy atom. The molecule has 0 atom stereocenters. The van der Waals surface area contributed by atoms with Crippen LogP contribution in [0.3, 0.4) is 0 Å². The van der Waals surface area contributed by atoms with Crippen molar-refractivity contribution in [2.75, 3.05) is 17.0 Å². The summed E-state index contributed by atoms with van der Waals surface area (Å²) in [5, 5.41) is 13.6. The predicted molar refractivity (Wildman–Crippen MR) is 121 cm³/mol. The maximum Gasteiger partial charge on any atom is 0.271 e. The molecule has 0 spiro atoms. The second-order valence-corrected chi connectivity index (χ2v) is 10.2. The fraction of sp³-hybridized carbons (Fsp3) is 0.143. The largest absolute Gasteiger partial charge is 0.351 e. The van der Waals surface area contributed by atoms with Crippen LogP contribution in [0.5, 0.6) is 0 Å². The van der Waals surface area contributed by atoms with Crippen LogP contribution in [-0.2, 0) is 15.8 Å². The van der Waals surface area contributed by atoms with Crippen LogP contribution < -0.4 is 10.0 Å². The highest BCUT2D eigenvalue weighted by molar-refractivity contribution is 7.98. The third kappa shape index (κ3) is 5.86. The molecule has 3 aromatic rings. The van der Waals surface area contributed by atoms with E-state index in [4.69, 9.17) is 5.26 Å². The van der Waals surface area contributed by atoms with Gasteiger partial charge in [0.2, 0.25) is 0 Å². The Morgan fingerprint density at radius 1 is 1.07 bits per heavy atom. The molecule has 2 aromatic carbocycles. The number of nitrogens with one attached hydrogen (secondary N) is 2. The first kappa shape index (κ1) is 21.9. The molecule has 0 unspecified atom stereocenters. The lowest BCUT2D eigenvalue weighted by Crippen LogP contribution is -2.25. The zero-order chi connectivity index (χ0) is 21.4. The highest BCUT2D eigenvalue weighted by Gasteiger charge is 2.15. The van der Waals surface area contributed by atoms with Gasteiger partial charge in [0.05, 0.1) is 11.6 Å². The number of rotatable bonds is 9. The molecule has 1 aromatic heterocycles. The lowest BCUT2D eigenvalue weighted by Gasteiger charge is -2.08. The number of benzene rings is 2. The number of nitriles is 1. The van der Waals surface area contributed by atoms with Gasteiger partial charge in [0, 0.05) is 29.3 Å². The number of thioether (sulfide) groups is 1. The summed E-state index contributed by atoms with van der Waals surface area (Å²) in [5.41, 5.74) is 2.50. The molecular formula is C21H19N3O3S3. The summed E-state index contributed by atoms with van der Waals surface area (Å²) in [7, 11) is -3.61. The minimum absolute atomic E-state index is 0.222. The molecule has 1 heterocycles. The maximum absolute atomic E-state index is 12.3. The van der Waals surface area contributed by atoms with E-state index in [-0.39, 0.29) is 10.1 Å². The SMILES string of the molecule is N#Cc1ccccc1CSCCNC(=O)c1ccc(NS(=O)(=O)c2cccs2)cc1. The standard InChI is InChI=1S/C21H19N3O3S3/c22-14-17-4-1-2-5-18(17)15-28-13-11-23-21(25)16-7-9-19(10-8-16)24-30(26,27)20-6-3-12-29-20/h1-10,12,24H,11,13,15H2,(H,23,25). The van der Waals surface area contributed by atoms with Crippen molar-refractivity contribution in [3.05, 3.63) is 82.7 Å². The van der Waals surface area contributed by atoms with Gasteiger partial charge in [-0.25, -0.2) is 8.42 Å². The molecule has 0 saturated heterocycles. The minimum atomic E-state index is -3.61. The van der Waals surface area contributed by atoms with Crippen LogP contribution in [0.4, 0.5) is 5.69 Å². The molecule has 6 nitrogen and oxygen atoms in total. The van der Waals surface area contributed by atoms with Gasteiger partial charge < -0.3 is 5.32 Å². The number of carbonyl (C=O) groups excluding carboxylic acids is 1. The molecule has 1 amide bonds. The Bertz CT molecular complexity index is 1140. The van der Waals surface area contributed by atoms with Crippen molar-refractivity contribution >= 4 is 44.7 Å². The van der Waals surface area contributed by atoms with Crippen LogP contribution in [-0.4, -0.2) is 26.6 Å². The topological polar surface area (TPSA) is 99.1 Å². The van der Waals surface area contributed by atoms with Crippen molar-refractivity contribution in [2.24, 2.45) is 0 Å². The van der Waals surface area contributed by atoms with Gasteiger partial charge in [-0.15, -0.1) is 11.3 Å². The van der Waals surface area contributed by atoms with Crippen molar-refractivity contribution in [2.45, 2.75) is 9.96 Å².